The van der Waals surface area contributed by atoms with Crippen LogP contribution in [0.4, 0.5) is 5.69 Å². The molecule has 1 aliphatic carbocycles. The largest absolute Gasteiger partial charge is 0.399 e. The molecule has 2 fully saturated rings. The molecule has 1 aliphatic heterocycles. The summed E-state index contributed by atoms with van der Waals surface area (Å²) < 4.78 is 0. The summed E-state index contributed by atoms with van der Waals surface area (Å²) >= 11 is 0. The molecule has 1 heterocycles. The third kappa shape index (κ3) is 3.11. The molecule has 1 saturated heterocycles. The number of piperidine rings is 1. The van der Waals surface area contributed by atoms with Gasteiger partial charge in [-0.25, -0.2) is 0 Å². The van der Waals surface area contributed by atoms with Crippen LogP contribution in [0.2, 0.25) is 0 Å². The zero-order chi connectivity index (χ0) is 13.1. The van der Waals surface area contributed by atoms with Gasteiger partial charge < -0.3 is 10.6 Å². The van der Waals surface area contributed by atoms with Crippen molar-refractivity contribution < 1.29 is 0 Å². The Morgan fingerprint density at radius 3 is 2.95 bits per heavy atom. The molecule has 2 unspecified atom stereocenters. The van der Waals surface area contributed by atoms with E-state index >= 15 is 0 Å². The molecule has 0 radical (unpaired) electrons. The highest BCUT2D eigenvalue weighted by Crippen LogP contribution is 2.36. The van der Waals surface area contributed by atoms with E-state index in [9.17, 15) is 0 Å². The molecule has 0 amide bonds. The maximum Gasteiger partial charge on any atom is 0.0316 e. The predicted octanol–water partition coefficient (Wildman–Crippen LogP) is 3.47. The number of nitrogens with two attached hydrogens (primary N) is 1. The van der Waals surface area contributed by atoms with Gasteiger partial charge in [-0.1, -0.05) is 18.6 Å². The third-order valence-corrected chi connectivity index (χ3v) is 4.97. The fourth-order valence-electron chi connectivity index (χ4n) is 4.07. The van der Waals surface area contributed by atoms with E-state index in [0.717, 1.165) is 17.6 Å². The molecule has 0 aromatic heterocycles. The van der Waals surface area contributed by atoms with Crippen LogP contribution in [0.5, 0.6) is 0 Å². The molecule has 2 nitrogen and oxygen atoms in total. The van der Waals surface area contributed by atoms with Gasteiger partial charge in [-0.05, 0) is 75.2 Å². The molecule has 2 heteroatoms. The number of anilines is 1. The van der Waals surface area contributed by atoms with Crippen molar-refractivity contribution in [2.75, 3.05) is 18.8 Å². The predicted molar refractivity (Wildman–Crippen MR) is 81.1 cm³/mol. The summed E-state index contributed by atoms with van der Waals surface area (Å²) in [5.74, 6) is 1.01. The van der Waals surface area contributed by atoms with Crippen LogP contribution >= 0.6 is 0 Å². The van der Waals surface area contributed by atoms with Gasteiger partial charge in [0.25, 0.3) is 0 Å². The molecule has 1 saturated carbocycles. The SMILES string of the molecule is Nc1cccc(CCCN2CCCC3CCCC32)c1. The molecule has 1 aromatic rings. The minimum absolute atomic E-state index is 0.895. The lowest BCUT2D eigenvalue weighted by Gasteiger charge is -2.37. The van der Waals surface area contributed by atoms with E-state index in [1.54, 1.807) is 0 Å². The summed E-state index contributed by atoms with van der Waals surface area (Å²) in [4.78, 5) is 2.77. The third-order valence-electron chi connectivity index (χ3n) is 4.97. The van der Waals surface area contributed by atoms with Gasteiger partial charge in [-0.2, -0.15) is 0 Å². The van der Waals surface area contributed by atoms with Crippen LogP contribution in [0.15, 0.2) is 24.3 Å². The minimum atomic E-state index is 0.895. The normalized spacial score (nSPS) is 27.4. The van der Waals surface area contributed by atoms with Gasteiger partial charge >= 0.3 is 0 Å². The standard InChI is InChI=1S/C17H26N2/c18-16-9-1-5-14(13-16)6-3-11-19-12-4-8-15-7-2-10-17(15)19/h1,5,9,13,15,17H,2-4,6-8,10-12,18H2. The van der Waals surface area contributed by atoms with E-state index in [-0.39, 0.29) is 0 Å². The maximum absolute atomic E-state index is 5.83. The Morgan fingerprint density at radius 1 is 1.16 bits per heavy atom. The Kier molecular flexibility index (Phi) is 4.07. The summed E-state index contributed by atoms with van der Waals surface area (Å²) in [5.41, 5.74) is 8.12. The lowest BCUT2D eigenvalue weighted by Crippen LogP contribution is -2.43. The second-order valence-corrected chi connectivity index (χ2v) is 6.29. The van der Waals surface area contributed by atoms with Crippen molar-refractivity contribution in [2.45, 2.75) is 51.0 Å². The summed E-state index contributed by atoms with van der Waals surface area (Å²) in [6, 6.07) is 9.27. The molecule has 3 rings (SSSR count). The number of nitrogen functional groups attached to an aromatic ring is 1. The molecule has 0 bridgehead atoms. The molecular formula is C17H26N2. The number of likely N-dealkylation sites (tertiary alicyclic amines) is 1. The van der Waals surface area contributed by atoms with Crippen molar-refractivity contribution in [3.05, 3.63) is 29.8 Å². The Morgan fingerprint density at radius 2 is 2.05 bits per heavy atom. The smallest absolute Gasteiger partial charge is 0.0316 e. The van der Waals surface area contributed by atoms with E-state index in [4.69, 9.17) is 5.73 Å². The number of nitrogens with zero attached hydrogens (tertiary/aromatic N) is 1. The minimum Gasteiger partial charge on any atom is -0.399 e. The topological polar surface area (TPSA) is 29.3 Å². The van der Waals surface area contributed by atoms with Crippen molar-refractivity contribution in [3.8, 4) is 0 Å². The number of fused-ring (bicyclic) bond motifs is 1. The molecular weight excluding hydrogens is 232 g/mol. The van der Waals surface area contributed by atoms with Crippen LogP contribution < -0.4 is 5.73 Å². The fourth-order valence-corrected chi connectivity index (χ4v) is 4.07. The van der Waals surface area contributed by atoms with Gasteiger partial charge in [-0.3, -0.25) is 0 Å². The van der Waals surface area contributed by atoms with Crippen LogP contribution in [-0.4, -0.2) is 24.0 Å². The van der Waals surface area contributed by atoms with Gasteiger partial charge in [0.15, 0.2) is 0 Å². The van der Waals surface area contributed by atoms with E-state index in [0.29, 0.717) is 0 Å². The lowest BCUT2D eigenvalue weighted by molar-refractivity contribution is 0.112. The van der Waals surface area contributed by atoms with Gasteiger partial charge in [0, 0.05) is 11.7 Å². The zero-order valence-corrected chi connectivity index (χ0v) is 11.9. The highest BCUT2D eigenvalue weighted by Gasteiger charge is 2.34. The number of benzene rings is 1. The van der Waals surface area contributed by atoms with Crippen molar-refractivity contribution in [2.24, 2.45) is 5.92 Å². The molecule has 0 spiro atoms. The number of rotatable bonds is 4. The van der Waals surface area contributed by atoms with Crippen LogP contribution in [0.3, 0.4) is 0 Å². The Labute approximate surface area is 117 Å². The quantitative estimate of drug-likeness (QED) is 0.838. The van der Waals surface area contributed by atoms with Crippen LogP contribution in [-0.2, 0) is 6.42 Å². The van der Waals surface area contributed by atoms with Crippen molar-refractivity contribution in [3.63, 3.8) is 0 Å². The van der Waals surface area contributed by atoms with Crippen LogP contribution in [0, 0.1) is 5.92 Å². The maximum atomic E-state index is 5.83. The summed E-state index contributed by atoms with van der Waals surface area (Å²) in [6.45, 7) is 2.61. The highest BCUT2D eigenvalue weighted by molar-refractivity contribution is 5.40. The molecule has 1 aromatic carbocycles. The Bertz CT molecular complexity index is 415. The van der Waals surface area contributed by atoms with Crippen LogP contribution in [0.1, 0.15) is 44.1 Å². The zero-order valence-electron chi connectivity index (χ0n) is 11.9. The van der Waals surface area contributed by atoms with E-state index in [1.165, 1.54) is 63.6 Å². The first-order chi connectivity index (χ1) is 9.33. The van der Waals surface area contributed by atoms with Gasteiger partial charge in [0.1, 0.15) is 0 Å². The van der Waals surface area contributed by atoms with Crippen LogP contribution in [0.25, 0.3) is 0 Å². The average Bonchev–Trinajstić information content (AvgIpc) is 2.88. The van der Waals surface area contributed by atoms with Crippen molar-refractivity contribution in [1.82, 2.24) is 4.90 Å². The van der Waals surface area contributed by atoms with Gasteiger partial charge in [0.05, 0.1) is 0 Å². The number of hydrogen-bond donors (Lipinski definition) is 1. The summed E-state index contributed by atoms with van der Waals surface area (Å²) in [5, 5.41) is 0. The molecule has 19 heavy (non-hydrogen) atoms. The first-order valence-electron chi connectivity index (χ1n) is 7.91. The lowest BCUT2D eigenvalue weighted by atomic mass is 9.91. The molecule has 104 valence electrons. The van der Waals surface area contributed by atoms with Crippen molar-refractivity contribution in [1.29, 1.82) is 0 Å². The summed E-state index contributed by atoms with van der Waals surface area (Å²) in [6.07, 6.45) is 9.72. The number of aryl methyl sites for hydroxylation is 1. The fraction of sp³-hybridized carbons (Fsp3) is 0.647. The monoisotopic (exact) mass is 258 g/mol. The molecule has 2 aliphatic rings. The first-order valence-corrected chi connectivity index (χ1v) is 7.91. The first kappa shape index (κ1) is 13.0. The van der Waals surface area contributed by atoms with Crippen molar-refractivity contribution >= 4 is 5.69 Å². The second-order valence-electron chi connectivity index (χ2n) is 6.29. The summed E-state index contributed by atoms with van der Waals surface area (Å²) in [7, 11) is 0. The van der Waals surface area contributed by atoms with E-state index in [1.807, 2.05) is 6.07 Å². The highest BCUT2D eigenvalue weighted by atomic mass is 15.2. The van der Waals surface area contributed by atoms with Gasteiger partial charge in [0.2, 0.25) is 0 Å². The average molecular weight is 258 g/mol. The van der Waals surface area contributed by atoms with E-state index in [2.05, 4.69) is 23.1 Å². The molecule has 2 N–H and O–H groups in total. The second kappa shape index (κ2) is 5.96. The Hall–Kier alpha value is -1.02. The van der Waals surface area contributed by atoms with Gasteiger partial charge in [-0.15, -0.1) is 0 Å². The molecule has 2 atom stereocenters. The van der Waals surface area contributed by atoms with E-state index < -0.39 is 0 Å². The Balaban J connectivity index is 1.49. The number of hydrogen-bond acceptors (Lipinski definition) is 2.